The summed E-state index contributed by atoms with van der Waals surface area (Å²) in [5.74, 6) is 0.0722. The van der Waals surface area contributed by atoms with Gasteiger partial charge in [-0.15, -0.1) is 0 Å². The summed E-state index contributed by atoms with van der Waals surface area (Å²) in [5.41, 5.74) is 0. The molecule has 0 aliphatic carbocycles. The molecular weight excluding hydrogens is 267 g/mol. The Labute approximate surface area is 117 Å². The van der Waals surface area contributed by atoms with E-state index in [1.54, 1.807) is 0 Å². The highest BCUT2D eigenvalue weighted by Gasteiger charge is 2.17. The summed E-state index contributed by atoms with van der Waals surface area (Å²) in [6.07, 6.45) is 4.00. The molecule has 1 aromatic rings. The van der Waals surface area contributed by atoms with Gasteiger partial charge >= 0.3 is 0 Å². The van der Waals surface area contributed by atoms with Gasteiger partial charge in [-0.05, 0) is 19.6 Å². The van der Waals surface area contributed by atoms with Crippen molar-refractivity contribution >= 4 is 23.5 Å². The molecule has 0 spiro atoms. The summed E-state index contributed by atoms with van der Waals surface area (Å²) >= 11 is 1.53. The van der Waals surface area contributed by atoms with Crippen molar-refractivity contribution in [2.24, 2.45) is 0 Å². The van der Waals surface area contributed by atoms with Crippen molar-refractivity contribution in [2.75, 3.05) is 30.0 Å². The zero-order valence-corrected chi connectivity index (χ0v) is 12.3. The lowest BCUT2D eigenvalue weighted by atomic mass is 10.2. The van der Waals surface area contributed by atoms with E-state index < -0.39 is 5.82 Å². The van der Waals surface area contributed by atoms with Crippen LogP contribution in [0.1, 0.15) is 20.3 Å². The third-order valence-corrected chi connectivity index (χ3v) is 3.84. The maximum Gasteiger partial charge on any atom is 0.224 e. The number of aliphatic hydroxyl groups is 1. The molecule has 0 aliphatic heterocycles. The van der Waals surface area contributed by atoms with E-state index >= 15 is 0 Å². The fourth-order valence-electron chi connectivity index (χ4n) is 1.54. The van der Waals surface area contributed by atoms with Crippen LogP contribution in [0.15, 0.2) is 6.20 Å². The van der Waals surface area contributed by atoms with Crippen molar-refractivity contribution in [3.63, 3.8) is 0 Å². The van der Waals surface area contributed by atoms with E-state index in [-0.39, 0.29) is 23.7 Å². The highest BCUT2D eigenvalue weighted by Crippen LogP contribution is 2.18. The first kappa shape index (κ1) is 16.0. The summed E-state index contributed by atoms with van der Waals surface area (Å²) in [5, 5.41) is 15.2. The van der Waals surface area contributed by atoms with Gasteiger partial charge in [0.15, 0.2) is 11.6 Å². The number of nitrogens with one attached hydrogen (secondary N) is 2. The van der Waals surface area contributed by atoms with Gasteiger partial charge in [-0.25, -0.2) is 9.37 Å². The fourth-order valence-corrected chi connectivity index (χ4v) is 2.16. The summed E-state index contributed by atoms with van der Waals surface area (Å²) in [6, 6.07) is -0.0941. The molecule has 0 saturated heterocycles. The van der Waals surface area contributed by atoms with E-state index in [2.05, 4.69) is 20.6 Å². The predicted octanol–water partition coefficient (Wildman–Crippen LogP) is 1.96. The van der Waals surface area contributed by atoms with Crippen LogP contribution in [0.3, 0.4) is 0 Å². The van der Waals surface area contributed by atoms with Crippen molar-refractivity contribution in [3.05, 3.63) is 12.0 Å². The molecule has 1 aromatic heterocycles. The molecular formula is C12H21FN4OS. The van der Waals surface area contributed by atoms with Gasteiger partial charge in [0, 0.05) is 17.8 Å². The SMILES string of the molecule is CCCNc1ncc(F)c(NC(C)C(CO)SC)n1. The number of aliphatic hydroxyl groups excluding tert-OH is 1. The fraction of sp³-hybridized carbons (Fsp3) is 0.667. The molecule has 1 heterocycles. The Morgan fingerprint density at radius 1 is 1.53 bits per heavy atom. The molecule has 0 saturated carbocycles. The first-order valence-electron chi connectivity index (χ1n) is 6.29. The van der Waals surface area contributed by atoms with Crippen LogP contribution in [-0.2, 0) is 0 Å². The zero-order chi connectivity index (χ0) is 14.3. The van der Waals surface area contributed by atoms with Crippen LogP contribution < -0.4 is 10.6 Å². The number of nitrogens with zero attached hydrogens (tertiary/aromatic N) is 2. The number of aromatic nitrogens is 2. The Hall–Kier alpha value is -1.08. The molecule has 2 unspecified atom stereocenters. The molecule has 0 aliphatic rings. The summed E-state index contributed by atoms with van der Waals surface area (Å²) < 4.78 is 13.6. The average molecular weight is 288 g/mol. The molecule has 1 rings (SSSR count). The molecule has 5 nitrogen and oxygen atoms in total. The number of halogens is 1. The number of rotatable bonds is 8. The molecule has 0 fully saturated rings. The second-order valence-corrected chi connectivity index (χ2v) is 5.28. The lowest BCUT2D eigenvalue weighted by Crippen LogP contribution is -2.31. The maximum atomic E-state index is 13.6. The minimum Gasteiger partial charge on any atom is -0.395 e. The third-order valence-electron chi connectivity index (χ3n) is 2.68. The van der Waals surface area contributed by atoms with Crippen LogP contribution >= 0.6 is 11.8 Å². The first-order chi connectivity index (χ1) is 9.12. The summed E-state index contributed by atoms with van der Waals surface area (Å²) in [6.45, 7) is 4.69. The largest absolute Gasteiger partial charge is 0.395 e. The Kier molecular flexibility index (Phi) is 6.86. The number of hydrogen-bond acceptors (Lipinski definition) is 6. The topological polar surface area (TPSA) is 70.1 Å². The molecule has 19 heavy (non-hydrogen) atoms. The van der Waals surface area contributed by atoms with Gasteiger partial charge in [-0.2, -0.15) is 16.7 Å². The van der Waals surface area contributed by atoms with Gasteiger partial charge in [0.05, 0.1) is 12.8 Å². The predicted molar refractivity (Wildman–Crippen MR) is 78.2 cm³/mol. The molecule has 0 bridgehead atoms. The van der Waals surface area contributed by atoms with E-state index in [0.717, 1.165) is 19.2 Å². The van der Waals surface area contributed by atoms with Gasteiger partial charge in [-0.1, -0.05) is 6.92 Å². The Morgan fingerprint density at radius 2 is 2.26 bits per heavy atom. The number of thioether (sulfide) groups is 1. The zero-order valence-electron chi connectivity index (χ0n) is 11.5. The molecule has 2 atom stereocenters. The number of anilines is 2. The molecule has 108 valence electrons. The van der Waals surface area contributed by atoms with Gasteiger partial charge in [-0.3, -0.25) is 0 Å². The summed E-state index contributed by atoms with van der Waals surface area (Å²) in [7, 11) is 0. The second kappa shape index (κ2) is 8.16. The molecule has 0 aromatic carbocycles. The van der Waals surface area contributed by atoms with Crippen LogP contribution in [0, 0.1) is 5.82 Å². The normalized spacial score (nSPS) is 13.9. The van der Waals surface area contributed by atoms with Crippen molar-refractivity contribution in [3.8, 4) is 0 Å². The van der Waals surface area contributed by atoms with Crippen molar-refractivity contribution in [1.82, 2.24) is 9.97 Å². The van der Waals surface area contributed by atoms with Gasteiger partial charge in [0.1, 0.15) is 0 Å². The van der Waals surface area contributed by atoms with E-state index in [0.29, 0.717) is 5.95 Å². The Morgan fingerprint density at radius 3 is 2.84 bits per heavy atom. The minimum atomic E-state index is -0.494. The Bertz CT molecular complexity index is 390. The van der Waals surface area contributed by atoms with Crippen LogP contribution in [0.2, 0.25) is 0 Å². The van der Waals surface area contributed by atoms with Gasteiger partial charge in [0.25, 0.3) is 0 Å². The average Bonchev–Trinajstić information content (AvgIpc) is 2.41. The lowest BCUT2D eigenvalue weighted by Gasteiger charge is -2.22. The highest BCUT2D eigenvalue weighted by molar-refractivity contribution is 7.99. The van der Waals surface area contributed by atoms with E-state index in [1.807, 2.05) is 20.1 Å². The minimum absolute atomic E-state index is 0.0126. The molecule has 0 amide bonds. The summed E-state index contributed by atoms with van der Waals surface area (Å²) in [4.78, 5) is 7.98. The standard InChI is InChI=1S/C12H21FN4OS/c1-4-5-14-12-15-6-9(13)11(17-12)16-8(2)10(7-18)19-3/h6,8,10,18H,4-5,7H2,1-3H3,(H2,14,15,16,17). The van der Waals surface area contributed by atoms with Gasteiger partial charge < -0.3 is 15.7 Å². The number of hydrogen-bond donors (Lipinski definition) is 3. The highest BCUT2D eigenvalue weighted by atomic mass is 32.2. The van der Waals surface area contributed by atoms with E-state index in [4.69, 9.17) is 0 Å². The third kappa shape index (κ3) is 4.83. The smallest absolute Gasteiger partial charge is 0.224 e. The van der Waals surface area contributed by atoms with Gasteiger partial charge in [0.2, 0.25) is 5.95 Å². The van der Waals surface area contributed by atoms with Crippen LogP contribution in [0.5, 0.6) is 0 Å². The van der Waals surface area contributed by atoms with E-state index in [9.17, 15) is 9.50 Å². The van der Waals surface area contributed by atoms with Crippen LogP contribution in [0.25, 0.3) is 0 Å². The van der Waals surface area contributed by atoms with Crippen LogP contribution in [-0.4, -0.2) is 45.8 Å². The van der Waals surface area contributed by atoms with Crippen molar-refractivity contribution < 1.29 is 9.50 Å². The van der Waals surface area contributed by atoms with Crippen molar-refractivity contribution in [2.45, 2.75) is 31.6 Å². The van der Waals surface area contributed by atoms with Crippen molar-refractivity contribution in [1.29, 1.82) is 0 Å². The maximum absolute atomic E-state index is 13.6. The monoisotopic (exact) mass is 288 g/mol. The van der Waals surface area contributed by atoms with E-state index in [1.165, 1.54) is 11.8 Å². The Balaban J connectivity index is 2.75. The molecule has 3 N–H and O–H groups in total. The first-order valence-corrected chi connectivity index (χ1v) is 7.57. The molecule has 0 radical (unpaired) electrons. The van der Waals surface area contributed by atoms with Crippen LogP contribution in [0.4, 0.5) is 16.2 Å². The second-order valence-electron chi connectivity index (χ2n) is 4.21. The quantitative estimate of drug-likeness (QED) is 0.679. The molecule has 7 heteroatoms. The lowest BCUT2D eigenvalue weighted by molar-refractivity contribution is 0.288.